The van der Waals surface area contributed by atoms with Crippen LogP contribution in [-0.2, 0) is 10.0 Å². The second kappa shape index (κ2) is 7.20. The van der Waals surface area contributed by atoms with Crippen LogP contribution in [0, 0.1) is 0 Å². The minimum Gasteiger partial charge on any atom is -0.491 e. The highest BCUT2D eigenvalue weighted by Gasteiger charge is 2.06. The molecule has 0 spiro atoms. The highest BCUT2D eigenvalue weighted by molar-refractivity contribution is 7.89. The van der Waals surface area contributed by atoms with Crippen LogP contribution in [0.2, 0.25) is 0 Å². The molecule has 0 fully saturated rings. The number of rotatable bonds is 8. The minimum atomic E-state index is -3.40. The van der Waals surface area contributed by atoms with Crippen LogP contribution in [0.15, 0.2) is 18.2 Å². The first-order valence-corrected chi connectivity index (χ1v) is 7.91. The van der Waals surface area contributed by atoms with Gasteiger partial charge in [-0.05, 0) is 25.0 Å². The molecule has 0 heterocycles. The van der Waals surface area contributed by atoms with Gasteiger partial charge in [0.1, 0.15) is 5.75 Å². The second-order valence-electron chi connectivity index (χ2n) is 4.21. The van der Waals surface area contributed by atoms with Gasteiger partial charge in [-0.25, -0.2) is 13.6 Å². The fourth-order valence-electron chi connectivity index (χ4n) is 1.53. The first-order valence-electron chi connectivity index (χ1n) is 6.19. The van der Waals surface area contributed by atoms with Gasteiger partial charge in [0, 0.05) is 6.54 Å². The lowest BCUT2D eigenvalue weighted by Crippen LogP contribution is -2.18. The Morgan fingerprint density at radius 2 is 2.11 bits per heavy atom. The molecular formula is C12H21N3O3S. The molecule has 6 nitrogen and oxygen atoms in total. The van der Waals surface area contributed by atoms with Gasteiger partial charge in [0.2, 0.25) is 10.0 Å². The quantitative estimate of drug-likeness (QED) is 0.491. The van der Waals surface area contributed by atoms with Crippen LogP contribution in [0.25, 0.3) is 0 Å². The third-order valence-corrected chi connectivity index (χ3v) is 3.31. The zero-order chi connectivity index (χ0) is 14.3. The van der Waals surface area contributed by atoms with E-state index in [1.54, 1.807) is 6.07 Å². The van der Waals surface area contributed by atoms with Crippen molar-refractivity contribution >= 4 is 21.4 Å². The van der Waals surface area contributed by atoms with Gasteiger partial charge in [-0.15, -0.1) is 0 Å². The Kier molecular flexibility index (Phi) is 5.91. The van der Waals surface area contributed by atoms with Crippen molar-refractivity contribution in [2.45, 2.75) is 19.8 Å². The molecule has 0 unspecified atom stereocenters. The summed E-state index contributed by atoms with van der Waals surface area (Å²) in [5.41, 5.74) is 7.23. The van der Waals surface area contributed by atoms with E-state index in [0.29, 0.717) is 31.0 Å². The van der Waals surface area contributed by atoms with Crippen LogP contribution in [0.4, 0.5) is 11.4 Å². The fraction of sp³-hybridized carbons (Fsp3) is 0.500. The molecule has 108 valence electrons. The molecule has 0 bridgehead atoms. The summed E-state index contributed by atoms with van der Waals surface area (Å²) >= 11 is 0. The summed E-state index contributed by atoms with van der Waals surface area (Å²) in [6.45, 7) is 3.11. The Morgan fingerprint density at radius 3 is 2.74 bits per heavy atom. The average molecular weight is 287 g/mol. The highest BCUT2D eigenvalue weighted by Crippen LogP contribution is 2.29. The molecule has 0 atom stereocenters. The largest absolute Gasteiger partial charge is 0.491 e. The van der Waals surface area contributed by atoms with E-state index in [-0.39, 0.29) is 5.75 Å². The summed E-state index contributed by atoms with van der Waals surface area (Å²) in [6.07, 6.45) is 1.34. The van der Waals surface area contributed by atoms with Crippen molar-refractivity contribution in [3.8, 4) is 5.75 Å². The monoisotopic (exact) mass is 287 g/mol. The van der Waals surface area contributed by atoms with Gasteiger partial charge in [0.05, 0.1) is 23.7 Å². The SMILES string of the molecule is CCCOc1cccc(NCCCS(N)(=O)=O)c1N. The molecule has 0 amide bonds. The van der Waals surface area contributed by atoms with Crippen LogP contribution in [0.5, 0.6) is 5.75 Å². The van der Waals surface area contributed by atoms with E-state index in [9.17, 15) is 8.42 Å². The maximum absolute atomic E-state index is 10.8. The molecule has 1 aromatic carbocycles. The van der Waals surface area contributed by atoms with E-state index in [1.807, 2.05) is 19.1 Å². The lowest BCUT2D eigenvalue weighted by Gasteiger charge is -2.13. The number of anilines is 2. The van der Waals surface area contributed by atoms with Crippen molar-refractivity contribution in [3.63, 3.8) is 0 Å². The number of hydrogen-bond acceptors (Lipinski definition) is 5. The van der Waals surface area contributed by atoms with Gasteiger partial charge in [-0.1, -0.05) is 13.0 Å². The molecule has 0 aliphatic heterocycles. The lowest BCUT2D eigenvalue weighted by atomic mass is 10.2. The van der Waals surface area contributed by atoms with E-state index in [0.717, 1.165) is 12.1 Å². The van der Waals surface area contributed by atoms with Crippen LogP contribution < -0.4 is 20.9 Å². The molecule has 7 heteroatoms. The van der Waals surface area contributed by atoms with Gasteiger partial charge in [0.25, 0.3) is 0 Å². The first-order chi connectivity index (χ1) is 8.94. The first kappa shape index (κ1) is 15.6. The van der Waals surface area contributed by atoms with Crippen molar-refractivity contribution < 1.29 is 13.2 Å². The molecule has 0 saturated carbocycles. The summed E-state index contributed by atoms with van der Waals surface area (Å²) in [4.78, 5) is 0. The van der Waals surface area contributed by atoms with Gasteiger partial charge in [-0.3, -0.25) is 0 Å². The van der Waals surface area contributed by atoms with Gasteiger partial charge in [0.15, 0.2) is 0 Å². The molecule has 0 radical (unpaired) electrons. The minimum absolute atomic E-state index is 0.0497. The summed E-state index contributed by atoms with van der Waals surface area (Å²) in [6, 6.07) is 5.47. The Hall–Kier alpha value is -1.47. The number of sulfonamides is 1. The number of benzene rings is 1. The maximum atomic E-state index is 10.8. The molecule has 1 aromatic rings. The number of nitrogens with two attached hydrogens (primary N) is 2. The molecule has 0 saturated heterocycles. The molecule has 0 aliphatic carbocycles. The lowest BCUT2D eigenvalue weighted by molar-refractivity contribution is 0.319. The summed E-state index contributed by atoms with van der Waals surface area (Å²) < 4.78 is 27.1. The molecule has 0 aromatic heterocycles. The molecule has 19 heavy (non-hydrogen) atoms. The zero-order valence-corrected chi connectivity index (χ0v) is 11.9. The Morgan fingerprint density at radius 1 is 1.37 bits per heavy atom. The predicted octanol–water partition coefficient (Wildman–Crippen LogP) is 1.15. The molecule has 0 aliphatic rings. The van der Waals surface area contributed by atoms with Gasteiger partial charge >= 0.3 is 0 Å². The normalized spacial score (nSPS) is 11.3. The van der Waals surface area contributed by atoms with E-state index in [2.05, 4.69) is 5.32 Å². The van der Waals surface area contributed by atoms with E-state index < -0.39 is 10.0 Å². The highest BCUT2D eigenvalue weighted by atomic mass is 32.2. The smallest absolute Gasteiger partial charge is 0.209 e. The van der Waals surface area contributed by atoms with Crippen LogP contribution in [0.1, 0.15) is 19.8 Å². The van der Waals surface area contributed by atoms with Crippen molar-refractivity contribution in [1.82, 2.24) is 0 Å². The molecule has 5 N–H and O–H groups in total. The average Bonchev–Trinajstić information content (AvgIpc) is 2.33. The van der Waals surface area contributed by atoms with Crippen molar-refractivity contribution in [1.29, 1.82) is 0 Å². The van der Waals surface area contributed by atoms with Gasteiger partial charge < -0.3 is 15.8 Å². The summed E-state index contributed by atoms with van der Waals surface area (Å²) in [5, 5.41) is 8.00. The fourth-order valence-corrected chi connectivity index (χ4v) is 2.08. The van der Waals surface area contributed by atoms with Crippen molar-refractivity contribution in [2.24, 2.45) is 5.14 Å². The number of nitrogens with one attached hydrogen (secondary N) is 1. The summed E-state index contributed by atoms with van der Waals surface area (Å²) in [5.74, 6) is 0.588. The predicted molar refractivity (Wildman–Crippen MR) is 77.7 cm³/mol. The zero-order valence-electron chi connectivity index (χ0n) is 11.1. The molecule has 1 rings (SSSR count). The number of nitrogen functional groups attached to an aromatic ring is 1. The van der Waals surface area contributed by atoms with Crippen LogP contribution in [-0.4, -0.2) is 27.3 Å². The third-order valence-electron chi connectivity index (χ3n) is 2.45. The third kappa shape index (κ3) is 5.80. The van der Waals surface area contributed by atoms with Crippen molar-refractivity contribution in [3.05, 3.63) is 18.2 Å². The topological polar surface area (TPSA) is 107 Å². The number of primary sulfonamides is 1. The standard InChI is InChI=1S/C12H21N3O3S/c1-2-8-18-11-6-3-5-10(12(11)13)15-7-4-9-19(14,16)17/h3,5-6,15H,2,4,7-9,13H2,1H3,(H2,14,16,17). The number of ether oxygens (including phenoxy) is 1. The Balaban J connectivity index is 2.54. The van der Waals surface area contributed by atoms with Crippen LogP contribution in [0.3, 0.4) is 0 Å². The maximum Gasteiger partial charge on any atom is 0.209 e. The molecular weight excluding hydrogens is 266 g/mol. The van der Waals surface area contributed by atoms with Crippen LogP contribution >= 0.6 is 0 Å². The van der Waals surface area contributed by atoms with Gasteiger partial charge in [-0.2, -0.15) is 0 Å². The Bertz CT molecular complexity index is 503. The van der Waals surface area contributed by atoms with E-state index in [1.165, 1.54) is 0 Å². The van der Waals surface area contributed by atoms with Crippen molar-refractivity contribution in [2.75, 3.05) is 30.0 Å². The van der Waals surface area contributed by atoms with E-state index >= 15 is 0 Å². The second-order valence-corrected chi connectivity index (χ2v) is 5.95. The number of hydrogen-bond donors (Lipinski definition) is 3. The Labute approximate surface area is 114 Å². The number of para-hydroxylation sites is 1. The summed E-state index contributed by atoms with van der Waals surface area (Å²) in [7, 11) is -3.40. The van der Waals surface area contributed by atoms with E-state index in [4.69, 9.17) is 15.6 Å².